The molecule has 0 bridgehead atoms. The molecule has 136 valence electrons. The van der Waals surface area contributed by atoms with Crippen molar-refractivity contribution in [3.8, 4) is 5.75 Å². The molecule has 2 atom stereocenters. The first kappa shape index (κ1) is 17.6. The maximum Gasteiger partial charge on any atom is 0.238 e. The second-order valence-corrected chi connectivity index (χ2v) is 9.16. The number of halogens is 1. The van der Waals surface area contributed by atoms with E-state index < -0.39 is 10.0 Å². The van der Waals surface area contributed by atoms with Crippen LogP contribution >= 0.6 is 11.6 Å². The molecular weight excluding hydrogens is 370 g/mol. The number of ether oxygens (including phenoxy) is 1. The number of nitrogens with two attached hydrogens (primary N) is 1. The molecular formula is C20H20ClNO3S. The molecule has 1 saturated carbocycles. The monoisotopic (exact) mass is 389 g/mol. The first-order valence-electron chi connectivity index (χ1n) is 8.48. The molecule has 2 N–H and O–H groups in total. The lowest BCUT2D eigenvalue weighted by Gasteiger charge is -2.21. The molecule has 6 heteroatoms. The van der Waals surface area contributed by atoms with Crippen LogP contribution in [0.5, 0.6) is 5.75 Å². The molecule has 2 aliphatic rings. The molecule has 0 amide bonds. The quantitative estimate of drug-likeness (QED) is 0.796. The molecule has 0 aromatic heterocycles. The van der Waals surface area contributed by atoms with Crippen LogP contribution in [0, 0.1) is 5.41 Å². The molecule has 0 radical (unpaired) electrons. The van der Waals surface area contributed by atoms with Crippen molar-refractivity contribution in [1.29, 1.82) is 0 Å². The number of sulfonamides is 1. The Balaban J connectivity index is 1.68. The van der Waals surface area contributed by atoms with Gasteiger partial charge in [0.15, 0.2) is 0 Å². The maximum absolute atomic E-state index is 11.5. The average molecular weight is 390 g/mol. The molecule has 2 aliphatic carbocycles. The van der Waals surface area contributed by atoms with E-state index >= 15 is 0 Å². The molecule has 2 aromatic rings. The second-order valence-electron chi connectivity index (χ2n) is 7.20. The van der Waals surface area contributed by atoms with Crippen LogP contribution in [0.2, 0.25) is 5.02 Å². The molecule has 1 spiro atoms. The highest BCUT2D eigenvalue weighted by Crippen LogP contribution is 2.61. The predicted octanol–water partition coefficient (Wildman–Crippen LogP) is 4.21. The number of benzene rings is 2. The fourth-order valence-electron chi connectivity index (χ4n) is 4.10. The van der Waals surface area contributed by atoms with Gasteiger partial charge < -0.3 is 4.74 Å². The van der Waals surface area contributed by atoms with E-state index in [4.69, 9.17) is 21.5 Å². The highest BCUT2D eigenvalue weighted by molar-refractivity contribution is 7.89. The third kappa shape index (κ3) is 3.15. The van der Waals surface area contributed by atoms with Crippen LogP contribution < -0.4 is 9.88 Å². The molecule has 1 unspecified atom stereocenters. The van der Waals surface area contributed by atoms with Gasteiger partial charge in [0.1, 0.15) is 5.75 Å². The Morgan fingerprint density at radius 1 is 1.04 bits per heavy atom. The molecule has 2 aromatic carbocycles. The fraction of sp³-hybridized carbons (Fsp3) is 0.300. The molecule has 0 heterocycles. The summed E-state index contributed by atoms with van der Waals surface area (Å²) < 4.78 is 28.3. The zero-order valence-corrected chi connectivity index (χ0v) is 15.9. The van der Waals surface area contributed by atoms with Gasteiger partial charge in [0.2, 0.25) is 10.0 Å². The van der Waals surface area contributed by atoms with Crippen LogP contribution in [-0.4, -0.2) is 15.5 Å². The van der Waals surface area contributed by atoms with Crippen LogP contribution in [0.25, 0.3) is 0 Å². The summed E-state index contributed by atoms with van der Waals surface area (Å²) in [4.78, 5) is 0.141. The van der Waals surface area contributed by atoms with E-state index in [-0.39, 0.29) is 10.3 Å². The number of hydrogen-bond acceptors (Lipinski definition) is 3. The highest BCUT2D eigenvalue weighted by atomic mass is 35.5. The summed E-state index contributed by atoms with van der Waals surface area (Å²) in [6, 6.07) is 12.9. The number of primary sulfonamides is 1. The van der Waals surface area contributed by atoms with Gasteiger partial charge in [-0.15, -0.1) is 0 Å². The van der Waals surface area contributed by atoms with Crippen LogP contribution in [0.3, 0.4) is 0 Å². The van der Waals surface area contributed by atoms with E-state index in [1.165, 1.54) is 5.56 Å². The number of methoxy groups -OCH3 is 1. The van der Waals surface area contributed by atoms with Crippen molar-refractivity contribution in [2.24, 2.45) is 10.6 Å². The SMILES string of the molecule is COc1ccc([C@H]2CC3(C=C3)CC2c2ccc(S(N)(=O)=O)cc2)cc1Cl. The predicted molar refractivity (Wildman–Crippen MR) is 102 cm³/mol. The number of hydrogen-bond donors (Lipinski definition) is 1. The van der Waals surface area contributed by atoms with Crippen LogP contribution in [0.15, 0.2) is 59.5 Å². The zero-order chi connectivity index (χ0) is 18.5. The summed E-state index contributed by atoms with van der Waals surface area (Å²) in [6.07, 6.45) is 6.60. The van der Waals surface area contributed by atoms with Crippen molar-refractivity contribution in [3.05, 3.63) is 70.8 Å². The Hall–Kier alpha value is -1.82. The molecule has 1 fully saturated rings. The second kappa shape index (κ2) is 6.12. The standard InChI is InChI=1S/C20H20ClNO3S/c1-25-19-7-4-14(10-18(19)21)17-12-20(8-9-20)11-16(17)13-2-5-15(6-3-13)26(22,23)24/h2-10,16-17H,11-12H2,1H3,(H2,22,23,24)/t16?,17-/m1/s1. The van der Waals surface area contributed by atoms with Crippen LogP contribution in [-0.2, 0) is 10.0 Å². The van der Waals surface area contributed by atoms with Gasteiger partial charge >= 0.3 is 0 Å². The van der Waals surface area contributed by atoms with Crippen molar-refractivity contribution in [2.45, 2.75) is 29.6 Å². The van der Waals surface area contributed by atoms with Gasteiger partial charge in [-0.3, -0.25) is 0 Å². The topological polar surface area (TPSA) is 69.4 Å². The largest absolute Gasteiger partial charge is 0.495 e. The van der Waals surface area contributed by atoms with E-state index in [1.54, 1.807) is 19.2 Å². The Labute approximate surface area is 158 Å². The van der Waals surface area contributed by atoms with Gasteiger partial charge in [0.05, 0.1) is 17.0 Å². The van der Waals surface area contributed by atoms with Crippen molar-refractivity contribution >= 4 is 21.6 Å². The minimum absolute atomic E-state index is 0.141. The number of rotatable bonds is 4. The summed E-state index contributed by atoms with van der Waals surface area (Å²) in [6.45, 7) is 0. The molecule has 26 heavy (non-hydrogen) atoms. The minimum Gasteiger partial charge on any atom is -0.495 e. The number of allylic oxidation sites excluding steroid dienone is 2. The minimum atomic E-state index is -3.68. The third-order valence-corrected chi connectivity index (χ3v) is 6.79. The lowest BCUT2D eigenvalue weighted by atomic mass is 9.84. The Morgan fingerprint density at radius 2 is 1.62 bits per heavy atom. The molecule has 4 nitrogen and oxygen atoms in total. The highest BCUT2D eigenvalue weighted by Gasteiger charge is 2.48. The van der Waals surface area contributed by atoms with E-state index in [2.05, 4.69) is 18.2 Å². The van der Waals surface area contributed by atoms with Crippen LogP contribution in [0.1, 0.15) is 35.8 Å². The Kier molecular flexibility index (Phi) is 4.14. The van der Waals surface area contributed by atoms with E-state index in [9.17, 15) is 8.42 Å². The molecule has 4 rings (SSSR count). The third-order valence-electron chi connectivity index (χ3n) is 5.56. The first-order valence-corrected chi connectivity index (χ1v) is 10.4. The summed E-state index contributed by atoms with van der Waals surface area (Å²) in [5, 5.41) is 5.82. The van der Waals surface area contributed by atoms with E-state index in [1.807, 2.05) is 24.3 Å². The molecule has 0 saturated heterocycles. The van der Waals surface area contributed by atoms with Crippen molar-refractivity contribution in [2.75, 3.05) is 7.11 Å². The summed E-state index contributed by atoms with van der Waals surface area (Å²) in [5.74, 6) is 1.28. The molecule has 0 aliphatic heterocycles. The zero-order valence-electron chi connectivity index (χ0n) is 14.4. The maximum atomic E-state index is 11.5. The van der Waals surface area contributed by atoms with Gasteiger partial charge in [0.25, 0.3) is 0 Å². The lowest BCUT2D eigenvalue weighted by Crippen LogP contribution is -2.12. The van der Waals surface area contributed by atoms with Crippen LogP contribution in [0.4, 0.5) is 0 Å². The summed E-state index contributed by atoms with van der Waals surface area (Å²) >= 11 is 6.34. The normalized spacial score (nSPS) is 23.3. The van der Waals surface area contributed by atoms with Crippen molar-refractivity contribution in [1.82, 2.24) is 0 Å². The fourth-order valence-corrected chi connectivity index (χ4v) is 4.88. The van der Waals surface area contributed by atoms with Gasteiger partial charge in [-0.2, -0.15) is 0 Å². The van der Waals surface area contributed by atoms with E-state index in [0.29, 0.717) is 22.6 Å². The van der Waals surface area contributed by atoms with Crippen molar-refractivity contribution in [3.63, 3.8) is 0 Å². The van der Waals surface area contributed by atoms with Crippen molar-refractivity contribution < 1.29 is 13.2 Å². The van der Waals surface area contributed by atoms with Gasteiger partial charge in [0, 0.05) is 5.41 Å². The van der Waals surface area contributed by atoms with E-state index in [0.717, 1.165) is 18.4 Å². The van der Waals surface area contributed by atoms with Gasteiger partial charge in [-0.1, -0.05) is 42.0 Å². The average Bonchev–Trinajstić information content (AvgIpc) is 3.25. The summed E-state index contributed by atoms with van der Waals surface area (Å²) in [7, 11) is -2.07. The van der Waals surface area contributed by atoms with Gasteiger partial charge in [-0.05, 0) is 60.1 Å². The smallest absolute Gasteiger partial charge is 0.238 e. The first-order chi connectivity index (χ1) is 12.3. The van der Waals surface area contributed by atoms with Gasteiger partial charge in [-0.25, -0.2) is 13.6 Å². The lowest BCUT2D eigenvalue weighted by molar-refractivity contribution is 0.414. The Morgan fingerprint density at radius 3 is 2.12 bits per heavy atom. The summed E-state index contributed by atoms with van der Waals surface area (Å²) in [5.41, 5.74) is 2.50. The Bertz CT molecular complexity index is 977.